The maximum atomic E-state index is 13.6. The molecule has 1 aliphatic rings. The van der Waals surface area contributed by atoms with E-state index in [1.807, 2.05) is 0 Å². The zero-order chi connectivity index (χ0) is 14.0. The van der Waals surface area contributed by atoms with Crippen molar-refractivity contribution in [2.45, 2.75) is 11.3 Å². The first-order valence-electron chi connectivity index (χ1n) is 5.75. The van der Waals surface area contributed by atoms with Gasteiger partial charge in [0.15, 0.2) is 0 Å². The van der Waals surface area contributed by atoms with E-state index in [1.54, 1.807) is 0 Å². The van der Waals surface area contributed by atoms with E-state index in [0.717, 1.165) is 10.4 Å². The van der Waals surface area contributed by atoms with Gasteiger partial charge in [0.05, 0.1) is 12.3 Å². The van der Waals surface area contributed by atoms with Crippen molar-refractivity contribution < 1.29 is 21.9 Å². The molecule has 0 bridgehead atoms. The van der Waals surface area contributed by atoms with Crippen LogP contribution in [0.3, 0.4) is 0 Å². The van der Waals surface area contributed by atoms with Crippen LogP contribution in [0.15, 0.2) is 17.0 Å². The molecule has 2 rings (SSSR count). The molecule has 1 aromatic carbocycles. The summed E-state index contributed by atoms with van der Waals surface area (Å²) in [6.07, 6.45) is 0.525. The standard InChI is InChI=1S/C11H14F2N2O3S/c12-8-6-9(13)11(7-10(8)14)19(16,17)15-2-1-4-18-5-3-15/h6-7H,1-5,14H2. The molecule has 1 aromatic rings. The summed E-state index contributed by atoms with van der Waals surface area (Å²) in [5, 5.41) is 0. The van der Waals surface area contributed by atoms with Crippen molar-refractivity contribution in [3.63, 3.8) is 0 Å². The zero-order valence-electron chi connectivity index (χ0n) is 10.1. The van der Waals surface area contributed by atoms with Gasteiger partial charge in [0, 0.05) is 25.8 Å². The van der Waals surface area contributed by atoms with Crippen molar-refractivity contribution in [2.24, 2.45) is 0 Å². The Morgan fingerprint density at radius 1 is 1.16 bits per heavy atom. The van der Waals surface area contributed by atoms with E-state index < -0.39 is 32.2 Å². The van der Waals surface area contributed by atoms with E-state index in [0.29, 0.717) is 19.1 Å². The van der Waals surface area contributed by atoms with E-state index in [2.05, 4.69) is 0 Å². The van der Waals surface area contributed by atoms with Crippen LogP contribution in [0.1, 0.15) is 6.42 Å². The fourth-order valence-electron chi connectivity index (χ4n) is 1.85. The summed E-state index contributed by atoms with van der Waals surface area (Å²) in [6.45, 7) is 1.08. The van der Waals surface area contributed by atoms with Crippen molar-refractivity contribution in [3.8, 4) is 0 Å². The third-order valence-corrected chi connectivity index (χ3v) is 4.76. The van der Waals surface area contributed by atoms with Gasteiger partial charge in [-0.05, 0) is 12.5 Å². The quantitative estimate of drug-likeness (QED) is 0.824. The van der Waals surface area contributed by atoms with Crippen molar-refractivity contribution in [1.82, 2.24) is 4.31 Å². The average Bonchev–Trinajstić information content (AvgIpc) is 2.62. The molecule has 0 radical (unpaired) electrons. The monoisotopic (exact) mass is 292 g/mol. The summed E-state index contributed by atoms with van der Waals surface area (Å²) >= 11 is 0. The van der Waals surface area contributed by atoms with Gasteiger partial charge in [-0.1, -0.05) is 0 Å². The predicted molar refractivity (Wildman–Crippen MR) is 65.0 cm³/mol. The lowest BCUT2D eigenvalue weighted by Crippen LogP contribution is -2.33. The van der Waals surface area contributed by atoms with Crippen LogP contribution in [0.5, 0.6) is 0 Å². The number of benzene rings is 1. The zero-order valence-corrected chi connectivity index (χ0v) is 10.9. The van der Waals surface area contributed by atoms with Crippen LogP contribution in [0, 0.1) is 11.6 Å². The van der Waals surface area contributed by atoms with Crippen LogP contribution in [-0.4, -0.2) is 39.0 Å². The Morgan fingerprint density at radius 2 is 1.89 bits per heavy atom. The van der Waals surface area contributed by atoms with Crippen molar-refractivity contribution in [2.75, 3.05) is 32.0 Å². The van der Waals surface area contributed by atoms with Crippen LogP contribution in [0.25, 0.3) is 0 Å². The molecule has 0 aliphatic carbocycles. The number of anilines is 1. The summed E-state index contributed by atoms with van der Waals surface area (Å²) < 4.78 is 57.5. The Kier molecular flexibility index (Phi) is 4.02. The molecule has 19 heavy (non-hydrogen) atoms. The third-order valence-electron chi connectivity index (χ3n) is 2.85. The summed E-state index contributed by atoms with van der Waals surface area (Å²) in [5.74, 6) is -2.12. The van der Waals surface area contributed by atoms with Crippen LogP contribution >= 0.6 is 0 Å². The van der Waals surface area contributed by atoms with Gasteiger partial charge in [-0.3, -0.25) is 0 Å². The van der Waals surface area contributed by atoms with E-state index in [1.165, 1.54) is 0 Å². The third kappa shape index (κ3) is 2.85. The maximum absolute atomic E-state index is 13.6. The number of rotatable bonds is 2. The Morgan fingerprint density at radius 3 is 2.63 bits per heavy atom. The topological polar surface area (TPSA) is 72.6 Å². The second kappa shape index (κ2) is 5.40. The molecular weight excluding hydrogens is 278 g/mol. The molecule has 1 aliphatic heterocycles. The van der Waals surface area contributed by atoms with Gasteiger partial charge in [-0.25, -0.2) is 17.2 Å². The number of nitrogen functional groups attached to an aromatic ring is 1. The van der Waals surface area contributed by atoms with Gasteiger partial charge in [-0.2, -0.15) is 4.31 Å². The number of nitrogens with zero attached hydrogens (tertiary/aromatic N) is 1. The summed E-state index contributed by atoms with van der Waals surface area (Å²) in [5.41, 5.74) is 4.90. The van der Waals surface area contributed by atoms with Crippen LogP contribution in [-0.2, 0) is 14.8 Å². The van der Waals surface area contributed by atoms with Gasteiger partial charge in [0.1, 0.15) is 16.5 Å². The lowest BCUT2D eigenvalue weighted by Gasteiger charge is -2.19. The fourth-order valence-corrected chi connectivity index (χ4v) is 3.39. The van der Waals surface area contributed by atoms with E-state index in [9.17, 15) is 17.2 Å². The first-order valence-corrected chi connectivity index (χ1v) is 7.19. The normalized spacial score (nSPS) is 18.2. The minimum absolute atomic E-state index is 0.138. The van der Waals surface area contributed by atoms with Crippen molar-refractivity contribution in [1.29, 1.82) is 0 Å². The SMILES string of the molecule is Nc1cc(S(=O)(=O)N2CCCOCC2)c(F)cc1F. The van der Waals surface area contributed by atoms with E-state index >= 15 is 0 Å². The summed E-state index contributed by atoms with van der Waals surface area (Å²) in [4.78, 5) is -0.603. The van der Waals surface area contributed by atoms with Gasteiger partial charge in [0.2, 0.25) is 10.0 Å². The van der Waals surface area contributed by atoms with Crippen LogP contribution in [0.4, 0.5) is 14.5 Å². The molecule has 0 amide bonds. The minimum atomic E-state index is -4.02. The van der Waals surface area contributed by atoms with Crippen molar-refractivity contribution >= 4 is 15.7 Å². The van der Waals surface area contributed by atoms with Gasteiger partial charge >= 0.3 is 0 Å². The molecule has 106 valence electrons. The number of hydrogen-bond acceptors (Lipinski definition) is 4. The number of hydrogen-bond donors (Lipinski definition) is 1. The summed E-state index contributed by atoms with van der Waals surface area (Å²) in [6, 6.07) is 1.29. The second-order valence-corrected chi connectivity index (χ2v) is 6.08. The first kappa shape index (κ1) is 14.2. The molecule has 1 saturated heterocycles. The minimum Gasteiger partial charge on any atom is -0.396 e. The smallest absolute Gasteiger partial charge is 0.246 e. The highest BCUT2D eigenvalue weighted by molar-refractivity contribution is 7.89. The molecule has 0 saturated carbocycles. The Hall–Kier alpha value is -1.25. The number of halogens is 2. The molecule has 5 nitrogen and oxygen atoms in total. The largest absolute Gasteiger partial charge is 0.396 e. The van der Waals surface area contributed by atoms with E-state index in [4.69, 9.17) is 10.5 Å². The van der Waals surface area contributed by atoms with E-state index in [-0.39, 0.29) is 19.7 Å². The Balaban J connectivity index is 2.41. The lowest BCUT2D eigenvalue weighted by molar-refractivity contribution is 0.148. The highest BCUT2D eigenvalue weighted by atomic mass is 32.2. The predicted octanol–water partition coefficient (Wildman–Crippen LogP) is 0.958. The highest BCUT2D eigenvalue weighted by Gasteiger charge is 2.29. The molecule has 1 fully saturated rings. The molecule has 0 unspecified atom stereocenters. The van der Waals surface area contributed by atoms with Crippen LogP contribution < -0.4 is 5.73 Å². The number of nitrogens with two attached hydrogens (primary N) is 1. The Bertz CT molecular complexity index is 570. The molecular formula is C11H14F2N2O3S. The Labute approximate surface area is 110 Å². The highest BCUT2D eigenvalue weighted by Crippen LogP contribution is 2.24. The number of ether oxygens (including phenoxy) is 1. The molecule has 0 spiro atoms. The molecule has 0 atom stereocenters. The lowest BCUT2D eigenvalue weighted by atomic mass is 10.3. The fraction of sp³-hybridized carbons (Fsp3) is 0.455. The van der Waals surface area contributed by atoms with Gasteiger partial charge < -0.3 is 10.5 Å². The van der Waals surface area contributed by atoms with Gasteiger partial charge in [0.25, 0.3) is 0 Å². The maximum Gasteiger partial charge on any atom is 0.246 e. The van der Waals surface area contributed by atoms with Gasteiger partial charge in [-0.15, -0.1) is 0 Å². The number of sulfonamides is 1. The second-order valence-electron chi connectivity index (χ2n) is 4.17. The molecule has 8 heteroatoms. The molecule has 1 heterocycles. The first-order chi connectivity index (χ1) is 8.93. The molecule has 0 aromatic heterocycles. The molecule has 2 N–H and O–H groups in total. The van der Waals surface area contributed by atoms with Crippen molar-refractivity contribution in [3.05, 3.63) is 23.8 Å². The average molecular weight is 292 g/mol. The van der Waals surface area contributed by atoms with Crippen LogP contribution in [0.2, 0.25) is 0 Å². The summed E-state index contributed by atoms with van der Waals surface area (Å²) in [7, 11) is -4.02.